The molecule has 1 aliphatic carbocycles. The quantitative estimate of drug-likeness (QED) is 0.740. The van der Waals surface area contributed by atoms with Crippen molar-refractivity contribution in [1.82, 2.24) is 10.3 Å². The topological polar surface area (TPSA) is 70.9 Å². The highest BCUT2D eigenvalue weighted by molar-refractivity contribution is 6.07. The lowest BCUT2D eigenvalue weighted by Crippen LogP contribution is -2.46. The second-order valence-corrected chi connectivity index (χ2v) is 6.77. The highest BCUT2D eigenvalue weighted by Gasteiger charge is 2.33. The predicted octanol–water partition coefficient (Wildman–Crippen LogP) is 3.45. The number of hydrogen-bond donors (Lipinski definition) is 3. The minimum absolute atomic E-state index is 0.00555. The zero-order chi connectivity index (χ0) is 15.0. The van der Waals surface area contributed by atoms with Gasteiger partial charge in [-0.1, -0.05) is 26.7 Å². The van der Waals surface area contributed by atoms with Crippen LogP contribution in [0, 0.1) is 5.41 Å². The molecule has 1 amide bonds. The highest BCUT2D eigenvalue weighted by Crippen LogP contribution is 2.35. The van der Waals surface area contributed by atoms with Crippen molar-refractivity contribution in [1.29, 1.82) is 0 Å². The van der Waals surface area contributed by atoms with Gasteiger partial charge in [0.25, 0.3) is 5.91 Å². The lowest BCUT2D eigenvalue weighted by Gasteiger charge is -2.39. The van der Waals surface area contributed by atoms with E-state index in [1.807, 2.05) is 18.2 Å². The first-order valence-electron chi connectivity index (χ1n) is 7.65. The summed E-state index contributed by atoms with van der Waals surface area (Å²) in [6.45, 7) is 4.49. The molecule has 1 fully saturated rings. The second kappa shape index (κ2) is 5.10. The van der Waals surface area contributed by atoms with E-state index >= 15 is 0 Å². The molecule has 0 aliphatic heterocycles. The van der Waals surface area contributed by atoms with Gasteiger partial charge in [-0.15, -0.1) is 0 Å². The third-order valence-corrected chi connectivity index (χ3v) is 4.76. The molecule has 1 atom stereocenters. The zero-order valence-corrected chi connectivity index (χ0v) is 12.7. The number of rotatable bonds is 2. The van der Waals surface area contributed by atoms with E-state index in [-0.39, 0.29) is 17.4 Å². The van der Waals surface area contributed by atoms with Crippen LogP contribution in [0.2, 0.25) is 0 Å². The van der Waals surface area contributed by atoms with E-state index in [0.717, 1.165) is 17.3 Å². The minimum atomic E-state index is 0.00555. The van der Waals surface area contributed by atoms with Crippen LogP contribution < -0.4 is 11.1 Å². The molecule has 0 bridgehead atoms. The summed E-state index contributed by atoms with van der Waals surface area (Å²) >= 11 is 0. The Kier molecular flexibility index (Phi) is 3.40. The Morgan fingerprint density at radius 1 is 1.38 bits per heavy atom. The molecule has 0 radical (unpaired) electrons. The number of anilines is 1. The lowest BCUT2D eigenvalue weighted by atomic mass is 9.73. The molecule has 1 saturated carbocycles. The predicted molar refractivity (Wildman–Crippen MR) is 86.2 cm³/mol. The van der Waals surface area contributed by atoms with Crippen molar-refractivity contribution in [2.24, 2.45) is 5.41 Å². The van der Waals surface area contributed by atoms with Crippen LogP contribution in [0.25, 0.3) is 10.9 Å². The number of benzene rings is 1. The Morgan fingerprint density at radius 2 is 2.19 bits per heavy atom. The van der Waals surface area contributed by atoms with Crippen LogP contribution >= 0.6 is 0 Å². The van der Waals surface area contributed by atoms with Crippen LogP contribution in [0.3, 0.4) is 0 Å². The monoisotopic (exact) mass is 285 g/mol. The molecule has 1 aromatic heterocycles. The fourth-order valence-corrected chi connectivity index (χ4v) is 3.33. The van der Waals surface area contributed by atoms with E-state index in [4.69, 9.17) is 5.73 Å². The van der Waals surface area contributed by atoms with Gasteiger partial charge in [0.1, 0.15) is 0 Å². The molecular formula is C17H23N3O. The maximum Gasteiger partial charge on any atom is 0.253 e. The summed E-state index contributed by atoms with van der Waals surface area (Å²) in [6.07, 6.45) is 6.45. The average Bonchev–Trinajstić information content (AvgIpc) is 2.84. The van der Waals surface area contributed by atoms with Crippen molar-refractivity contribution in [2.75, 3.05) is 5.73 Å². The van der Waals surface area contributed by atoms with Gasteiger partial charge in [0.05, 0.1) is 5.56 Å². The normalized spacial score (nSPS) is 21.3. The Bertz CT molecular complexity index is 672. The van der Waals surface area contributed by atoms with Crippen LogP contribution in [0.15, 0.2) is 24.4 Å². The van der Waals surface area contributed by atoms with Crippen molar-refractivity contribution in [3.8, 4) is 0 Å². The number of amides is 1. The molecule has 0 saturated heterocycles. The maximum atomic E-state index is 12.6. The van der Waals surface area contributed by atoms with Crippen LogP contribution in [-0.4, -0.2) is 16.9 Å². The molecule has 4 N–H and O–H groups in total. The molecule has 4 nitrogen and oxygen atoms in total. The van der Waals surface area contributed by atoms with Gasteiger partial charge in [-0.05, 0) is 36.5 Å². The zero-order valence-electron chi connectivity index (χ0n) is 12.7. The van der Waals surface area contributed by atoms with Gasteiger partial charge in [-0.3, -0.25) is 4.79 Å². The third kappa shape index (κ3) is 2.62. The first kappa shape index (κ1) is 14.0. The van der Waals surface area contributed by atoms with E-state index < -0.39 is 0 Å². The summed E-state index contributed by atoms with van der Waals surface area (Å²) in [6, 6.07) is 5.84. The van der Waals surface area contributed by atoms with E-state index in [1.165, 1.54) is 19.3 Å². The summed E-state index contributed by atoms with van der Waals surface area (Å²) in [5.74, 6) is 0.00555. The molecule has 1 heterocycles. The molecule has 1 unspecified atom stereocenters. The summed E-state index contributed by atoms with van der Waals surface area (Å²) in [5, 5.41) is 4.15. The maximum absolute atomic E-state index is 12.6. The van der Waals surface area contributed by atoms with E-state index in [9.17, 15) is 4.79 Å². The van der Waals surface area contributed by atoms with Crippen molar-refractivity contribution in [3.63, 3.8) is 0 Å². The number of nitrogens with one attached hydrogen (secondary N) is 2. The fraction of sp³-hybridized carbons (Fsp3) is 0.471. The standard InChI is InChI=1S/C17H23N3O/c1-17(2)8-4-3-5-15(17)20-16(21)13-10-19-14-9-11(18)6-7-12(13)14/h6-7,9-10,15,19H,3-5,8,18H2,1-2H3,(H,20,21). The number of carbonyl (C=O) groups is 1. The number of hydrogen-bond acceptors (Lipinski definition) is 2. The summed E-state index contributed by atoms with van der Waals surface area (Å²) < 4.78 is 0. The Morgan fingerprint density at radius 3 is 2.95 bits per heavy atom. The van der Waals surface area contributed by atoms with Gasteiger partial charge in [0.15, 0.2) is 0 Å². The minimum Gasteiger partial charge on any atom is -0.399 e. The Hall–Kier alpha value is -1.97. The molecular weight excluding hydrogens is 262 g/mol. The summed E-state index contributed by atoms with van der Waals surface area (Å²) in [7, 11) is 0. The molecule has 4 heteroatoms. The largest absolute Gasteiger partial charge is 0.399 e. The number of aromatic amines is 1. The number of carbonyl (C=O) groups excluding carboxylic acids is 1. The summed E-state index contributed by atoms with van der Waals surface area (Å²) in [4.78, 5) is 15.7. The molecule has 2 aromatic rings. The van der Waals surface area contributed by atoms with Gasteiger partial charge >= 0.3 is 0 Å². The highest BCUT2D eigenvalue weighted by atomic mass is 16.1. The molecule has 0 spiro atoms. The first-order chi connectivity index (χ1) is 9.97. The number of H-pyrrole nitrogens is 1. The Labute approximate surface area is 125 Å². The molecule has 1 aliphatic rings. The number of fused-ring (bicyclic) bond motifs is 1. The number of aromatic nitrogens is 1. The van der Waals surface area contributed by atoms with E-state index in [1.54, 1.807) is 6.20 Å². The third-order valence-electron chi connectivity index (χ3n) is 4.76. The number of nitrogen functional groups attached to an aromatic ring is 1. The van der Waals surface area contributed by atoms with Crippen LogP contribution in [0.5, 0.6) is 0 Å². The van der Waals surface area contributed by atoms with Gasteiger partial charge in [0, 0.05) is 28.8 Å². The van der Waals surface area contributed by atoms with Gasteiger partial charge in [0.2, 0.25) is 0 Å². The molecule has 112 valence electrons. The average molecular weight is 285 g/mol. The summed E-state index contributed by atoms with van der Waals surface area (Å²) in [5.41, 5.74) is 8.25. The van der Waals surface area contributed by atoms with E-state index in [0.29, 0.717) is 11.3 Å². The smallest absolute Gasteiger partial charge is 0.253 e. The van der Waals surface area contributed by atoms with Crippen molar-refractivity contribution < 1.29 is 4.79 Å². The molecule has 1 aromatic carbocycles. The van der Waals surface area contributed by atoms with Crippen molar-refractivity contribution in [3.05, 3.63) is 30.0 Å². The van der Waals surface area contributed by atoms with Crippen molar-refractivity contribution >= 4 is 22.5 Å². The fourth-order valence-electron chi connectivity index (χ4n) is 3.33. The van der Waals surface area contributed by atoms with Gasteiger partial charge < -0.3 is 16.0 Å². The first-order valence-corrected chi connectivity index (χ1v) is 7.65. The van der Waals surface area contributed by atoms with Crippen LogP contribution in [0.4, 0.5) is 5.69 Å². The molecule has 21 heavy (non-hydrogen) atoms. The molecule has 3 rings (SSSR count). The lowest BCUT2D eigenvalue weighted by molar-refractivity contribution is 0.0855. The van der Waals surface area contributed by atoms with Gasteiger partial charge in [-0.25, -0.2) is 0 Å². The second-order valence-electron chi connectivity index (χ2n) is 6.77. The number of nitrogens with two attached hydrogens (primary N) is 1. The van der Waals surface area contributed by atoms with Crippen LogP contribution in [0.1, 0.15) is 49.9 Å². The Balaban J connectivity index is 1.84. The SMILES string of the molecule is CC1(C)CCCCC1NC(=O)c1c[nH]c2cc(N)ccc12. The van der Waals surface area contributed by atoms with Gasteiger partial charge in [-0.2, -0.15) is 0 Å². The van der Waals surface area contributed by atoms with E-state index in [2.05, 4.69) is 24.1 Å². The van der Waals surface area contributed by atoms with Crippen LogP contribution in [-0.2, 0) is 0 Å². The van der Waals surface area contributed by atoms with Crippen molar-refractivity contribution in [2.45, 2.75) is 45.6 Å².